The molecule has 28 heavy (non-hydrogen) atoms. The summed E-state index contributed by atoms with van der Waals surface area (Å²) in [7, 11) is 3.82. The number of halogens is 3. The number of rotatable bonds is 6. The Labute approximate surface area is 194 Å². The minimum absolute atomic E-state index is 0. The molecule has 1 aliphatic heterocycles. The summed E-state index contributed by atoms with van der Waals surface area (Å²) in [6.07, 6.45) is 8.26. The van der Waals surface area contributed by atoms with Gasteiger partial charge in [-0.3, -0.25) is 9.67 Å². The van der Waals surface area contributed by atoms with Crippen LogP contribution in [0.4, 0.5) is 0 Å². The van der Waals surface area contributed by atoms with Gasteiger partial charge in [-0.15, -0.1) is 24.0 Å². The topological polar surface area (TPSA) is 45.5 Å². The Kier molecular flexibility index (Phi) is 9.37. The fourth-order valence-electron chi connectivity index (χ4n) is 3.64. The first kappa shape index (κ1) is 23.3. The Balaban J connectivity index is 0.00000280. The van der Waals surface area contributed by atoms with E-state index in [9.17, 15) is 0 Å². The third-order valence-electron chi connectivity index (χ3n) is 5.00. The highest BCUT2D eigenvalue weighted by molar-refractivity contribution is 14.0. The van der Waals surface area contributed by atoms with Crippen molar-refractivity contribution in [3.8, 4) is 0 Å². The molecule has 154 valence electrons. The number of aliphatic imine (C=N–C) groups is 1. The Morgan fingerprint density at radius 1 is 1.36 bits per heavy atom. The summed E-state index contributed by atoms with van der Waals surface area (Å²) in [5, 5.41) is 9.17. The Morgan fingerprint density at radius 2 is 2.18 bits per heavy atom. The molecule has 1 fully saturated rings. The minimum atomic E-state index is 0. The Morgan fingerprint density at radius 3 is 2.86 bits per heavy atom. The highest BCUT2D eigenvalue weighted by atomic mass is 127. The molecule has 0 amide bonds. The maximum Gasteiger partial charge on any atom is 0.193 e. The quantitative estimate of drug-likeness (QED) is 0.258. The summed E-state index contributed by atoms with van der Waals surface area (Å²) in [6, 6.07) is 5.70. The number of nitrogens with one attached hydrogen (secondary N) is 1. The molecule has 0 saturated carbocycles. The number of hydrogen-bond donors (Lipinski definition) is 1. The predicted octanol–water partition coefficient (Wildman–Crippen LogP) is 4.42. The van der Waals surface area contributed by atoms with E-state index in [-0.39, 0.29) is 24.0 Å². The highest BCUT2D eigenvalue weighted by Gasteiger charge is 2.25. The molecule has 0 bridgehead atoms. The second-order valence-corrected chi connectivity index (χ2v) is 7.98. The molecule has 0 radical (unpaired) electrons. The van der Waals surface area contributed by atoms with E-state index in [2.05, 4.69) is 26.5 Å². The van der Waals surface area contributed by atoms with Crippen molar-refractivity contribution in [3.63, 3.8) is 0 Å². The van der Waals surface area contributed by atoms with Crippen LogP contribution >= 0.6 is 47.2 Å². The summed E-state index contributed by atoms with van der Waals surface area (Å²) < 4.78 is 1.87. The number of hydrogen-bond acceptors (Lipinski definition) is 2. The van der Waals surface area contributed by atoms with Crippen molar-refractivity contribution in [1.82, 2.24) is 20.0 Å². The van der Waals surface area contributed by atoms with Gasteiger partial charge in [0.15, 0.2) is 5.96 Å². The normalized spacial score (nSPS) is 16.9. The zero-order chi connectivity index (χ0) is 19.2. The first-order valence-corrected chi connectivity index (χ1v) is 10.2. The second kappa shape index (κ2) is 11.3. The van der Waals surface area contributed by atoms with Crippen LogP contribution in [0.2, 0.25) is 10.0 Å². The smallest absolute Gasteiger partial charge is 0.193 e. The van der Waals surface area contributed by atoms with Crippen molar-refractivity contribution >= 4 is 53.1 Å². The molecule has 2 aromatic rings. The molecule has 1 aromatic carbocycles. The standard InChI is InChI=1S/C20H27Cl2N5.HI/c1-23-20(24-8-3-4-17-5-6-18(21)11-19(17)22)27-9-7-15(14-27)10-16-12-25-26(2)13-16;/h5-6,11-13,15H,3-4,7-10,14H2,1-2H3,(H,23,24);1H. The van der Waals surface area contributed by atoms with E-state index in [1.807, 2.05) is 37.1 Å². The number of aryl methyl sites for hydroxylation is 2. The van der Waals surface area contributed by atoms with Crippen LogP contribution in [0.5, 0.6) is 0 Å². The van der Waals surface area contributed by atoms with Gasteiger partial charge in [0.25, 0.3) is 0 Å². The predicted molar refractivity (Wildman–Crippen MR) is 128 cm³/mol. The molecule has 1 saturated heterocycles. The van der Waals surface area contributed by atoms with Crippen molar-refractivity contribution < 1.29 is 0 Å². The van der Waals surface area contributed by atoms with Crippen LogP contribution in [-0.2, 0) is 19.9 Å². The van der Waals surface area contributed by atoms with Crippen molar-refractivity contribution in [2.45, 2.75) is 25.7 Å². The van der Waals surface area contributed by atoms with Crippen molar-refractivity contribution in [2.75, 3.05) is 26.7 Å². The van der Waals surface area contributed by atoms with Gasteiger partial charge >= 0.3 is 0 Å². The highest BCUT2D eigenvalue weighted by Crippen LogP contribution is 2.22. The number of benzene rings is 1. The zero-order valence-corrected chi connectivity index (χ0v) is 20.2. The van der Waals surface area contributed by atoms with Gasteiger partial charge in [-0.25, -0.2) is 0 Å². The molecule has 1 aromatic heterocycles. The van der Waals surface area contributed by atoms with Crippen LogP contribution in [0.3, 0.4) is 0 Å². The van der Waals surface area contributed by atoms with Gasteiger partial charge in [0, 0.05) is 50.0 Å². The first-order chi connectivity index (χ1) is 13.0. The van der Waals surface area contributed by atoms with E-state index in [0.29, 0.717) is 10.9 Å². The maximum absolute atomic E-state index is 6.24. The number of aromatic nitrogens is 2. The fraction of sp³-hybridized carbons (Fsp3) is 0.500. The number of likely N-dealkylation sites (tertiary alicyclic amines) is 1. The lowest BCUT2D eigenvalue weighted by Crippen LogP contribution is -2.40. The van der Waals surface area contributed by atoms with Gasteiger partial charge in [0.05, 0.1) is 6.20 Å². The van der Waals surface area contributed by atoms with E-state index in [1.54, 1.807) is 6.07 Å². The van der Waals surface area contributed by atoms with Crippen molar-refractivity contribution in [1.29, 1.82) is 0 Å². The second-order valence-electron chi connectivity index (χ2n) is 7.14. The molecule has 1 atom stereocenters. The molecule has 2 heterocycles. The van der Waals surface area contributed by atoms with Gasteiger partial charge in [0.1, 0.15) is 0 Å². The summed E-state index contributed by atoms with van der Waals surface area (Å²) in [5.74, 6) is 1.64. The summed E-state index contributed by atoms with van der Waals surface area (Å²) in [5.41, 5.74) is 2.45. The third kappa shape index (κ3) is 6.52. The average Bonchev–Trinajstić information content (AvgIpc) is 3.26. The molecule has 8 heteroatoms. The number of guanidine groups is 1. The van der Waals surface area contributed by atoms with Crippen LogP contribution in [0.1, 0.15) is 24.0 Å². The lowest BCUT2D eigenvalue weighted by molar-refractivity contribution is 0.459. The van der Waals surface area contributed by atoms with Crippen LogP contribution in [0.15, 0.2) is 35.6 Å². The molecule has 0 aliphatic carbocycles. The molecule has 1 aliphatic rings. The van der Waals surface area contributed by atoms with Crippen LogP contribution in [0.25, 0.3) is 0 Å². The average molecular weight is 536 g/mol. The van der Waals surface area contributed by atoms with Gasteiger partial charge in [-0.2, -0.15) is 5.10 Å². The van der Waals surface area contributed by atoms with Crippen LogP contribution in [-0.4, -0.2) is 47.3 Å². The van der Waals surface area contributed by atoms with Gasteiger partial charge in [-0.1, -0.05) is 29.3 Å². The maximum atomic E-state index is 6.24. The largest absolute Gasteiger partial charge is 0.356 e. The third-order valence-corrected chi connectivity index (χ3v) is 5.59. The first-order valence-electron chi connectivity index (χ1n) is 9.42. The molecule has 5 nitrogen and oxygen atoms in total. The lowest BCUT2D eigenvalue weighted by atomic mass is 10.0. The molecule has 1 N–H and O–H groups in total. The van der Waals surface area contributed by atoms with Gasteiger partial charge in [-0.05, 0) is 54.9 Å². The Bertz CT molecular complexity index is 793. The van der Waals surface area contributed by atoms with Gasteiger partial charge < -0.3 is 10.2 Å². The molecular weight excluding hydrogens is 508 g/mol. The molecule has 3 rings (SSSR count). The van der Waals surface area contributed by atoms with E-state index in [1.165, 1.54) is 12.0 Å². The monoisotopic (exact) mass is 535 g/mol. The summed E-state index contributed by atoms with van der Waals surface area (Å²) >= 11 is 12.2. The Hall–Kier alpha value is -0.990. The fourth-order valence-corrected chi connectivity index (χ4v) is 4.14. The molecule has 1 unspecified atom stereocenters. The zero-order valence-electron chi connectivity index (χ0n) is 16.4. The van der Waals surface area contributed by atoms with Crippen molar-refractivity contribution in [2.24, 2.45) is 18.0 Å². The van der Waals surface area contributed by atoms with E-state index in [4.69, 9.17) is 23.2 Å². The van der Waals surface area contributed by atoms with Crippen molar-refractivity contribution in [3.05, 3.63) is 51.8 Å². The molecule has 0 spiro atoms. The van der Waals surface area contributed by atoms with E-state index < -0.39 is 0 Å². The SMILES string of the molecule is CN=C(NCCCc1ccc(Cl)cc1Cl)N1CCC(Cc2cnn(C)c2)C1.I. The number of nitrogens with zero attached hydrogens (tertiary/aromatic N) is 4. The summed E-state index contributed by atoms with van der Waals surface area (Å²) in [4.78, 5) is 6.82. The molecular formula is C20H28Cl2IN5. The lowest BCUT2D eigenvalue weighted by Gasteiger charge is -2.21. The van der Waals surface area contributed by atoms with E-state index in [0.717, 1.165) is 55.4 Å². The summed E-state index contributed by atoms with van der Waals surface area (Å²) in [6.45, 7) is 2.96. The van der Waals surface area contributed by atoms with Crippen LogP contribution < -0.4 is 5.32 Å². The van der Waals surface area contributed by atoms with Gasteiger partial charge in [0.2, 0.25) is 0 Å². The minimum Gasteiger partial charge on any atom is -0.356 e. The van der Waals surface area contributed by atoms with E-state index >= 15 is 0 Å². The van der Waals surface area contributed by atoms with Crippen LogP contribution in [0, 0.1) is 5.92 Å².